The SMILES string of the molecule is COc1ccc(S(=O)(=O)NC(C)C)cc1NC(=O)c1ccc(C)c(S(=O)(=O)N2CCCCC2)c1. The van der Waals surface area contributed by atoms with Gasteiger partial charge in [-0.15, -0.1) is 0 Å². The summed E-state index contributed by atoms with van der Waals surface area (Å²) in [6.07, 6.45) is 2.61. The predicted octanol–water partition coefficient (Wildman–Crippen LogP) is 3.12. The number of piperidine rings is 1. The number of ether oxygens (including phenoxy) is 1. The minimum absolute atomic E-state index is 0.0328. The van der Waals surface area contributed by atoms with E-state index < -0.39 is 26.0 Å². The van der Waals surface area contributed by atoms with E-state index in [2.05, 4.69) is 10.0 Å². The van der Waals surface area contributed by atoms with Gasteiger partial charge in [0.2, 0.25) is 20.0 Å². The molecule has 1 heterocycles. The molecule has 0 atom stereocenters. The lowest BCUT2D eigenvalue weighted by Crippen LogP contribution is -2.36. The number of hydrogen-bond donors (Lipinski definition) is 2. The Bertz CT molecular complexity index is 1270. The van der Waals surface area contributed by atoms with Gasteiger partial charge < -0.3 is 10.1 Å². The van der Waals surface area contributed by atoms with E-state index in [1.807, 2.05) is 0 Å². The van der Waals surface area contributed by atoms with Gasteiger partial charge in [-0.25, -0.2) is 21.6 Å². The summed E-state index contributed by atoms with van der Waals surface area (Å²) in [5.41, 5.74) is 0.838. The maximum atomic E-state index is 13.2. The molecule has 2 N–H and O–H groups in total. The zero-order valence-electron chi connectivity index (χ0n) is 19.8. The zero-order chi connectivity index (χ0) is 25.1. The van der Waals surface area contributed by atoms with Crippen LogP contribution in [-0.2, 0) is 20.0 Å². The fourth-order valence-corrected chi connectivity index (χ4v) is 6.83. The van der Waals surface area contributed by atoms with Gasteiger partial charge in [-0.05, 0) is 69.5 Å². The second kappa shape index (κ2) is 10.4. The molecule has 1 amide bonds. The monoisotopic (exact) mass is 509 g/mol. The van der Waals surface area contributed by atoms with E-state index in [0.717, 1.165) is 19.3 Å². The molecule has 0 bridgehead atoms. The van der Waals surface area contributed by atoms with Crippen LogP contribution in [-0.4, -0.2) is 53.3 Å². The standard InChI is InChI=1S/C23H31N3O6S2/c1-16(2)25-33(28,29)19-10-11-21(32-4)20(15-19)24-23(27)18-9-8-17(3)22(14-18)34(30,31)26-12-6-5-7-13-26/h8-11,14-16,25H,5-7,12-13H2,1-4H3,(H,24,27). The van der Waals surface area contributed by atoms with E-state index in [4.69, 9.17) is 4.74 Å². The van der Waals surface area contributed by atoms with E-state index in [0.29, 0.717) is 18.7 Å². The van der Waals surface area contributed by atoms with Crippen molar-refractivity contribution in [3.63, 3.8) is 0 Å². The second-order valence-corrected chi connectivity index (χ2v) is 12.2. The highest BCUT2D eigenvalue weighted by Crippen LogP contribution is 2.29. The van der Waals surface area contributed by atoms with Crippen LogP contribution in [0.3, 0.4) is 0 Å². The maximum Gasteiger partial charge on any atom is 0.255 e. The average molecular weight is 510 g/mol. The average Bonchev–Trinajstić information content (AvgIpc) is 2.79. The normalized spacial score (nSPS) is 15.3. The van der Waals surface area contributed by atoms with Crippen molar-refractivity contribution in [2.24, 2.45) is 0 Å². The first kappa shape index (κ1) is 26.1. The highest BCUT2D eigenvalue weighted by Gasteiger charge is 2.28. The summed E-state index contributed by atoms with van der Waals surface area (Å²) in [5, 5.41) is 2.66. The van der Waals surface area contributed by atoms with Crippen LogP contribution in [0.1, 0.15) is 49.0 Å². The molecular weight excluding hydrogens is 478 g/mol. The molecule has 0 unspecified atom stereocenters. The quantitative estimate of drug-likeness (QED) is 0.564. The molecule has 1 aliphatic heterocycles. The smallest absolute Gasteiger partial charge is 0.255 e. The molecule has 9 nitrogen and oxygen atoms in total. The molecule has 11 heteroatoms. The molecule has 2 aromatic carbocycles. The number of rotatable bonds is 8. The second-order valence-electron chi connectivity index (χ2n) is 8.54. The third-order valence-corrected chi connectivity index (χ3v) is 9.20. The molecule has 0 aromatic heterocycles. The zero-order valence-corrected chi connectivity index (χ0v) is 21.4. The van der Waals surface area contributed by atoms with Crippen LogP contribution >= 0.6 is 0 Å². The Kier molecular flexibility index (Phi) is 8.02. The van der Waals surface area contributed by atoms with Gasteiger partial charge in [0.1, 0.15) is 5.75 Å². The number of nitrogens with zero attached hydrogens (tertiary/aromatic N) is 1. The molecule has 0 aliphatic carbocycles. The van der Waals surface area contributed by atoms with Gasteiger partial charge in [-0.3, -0.25) is 4.79 Å². The van der Waals surface area contributed by atoms with Crippen molar-refractivity contribution in [1.82, 2.24) is 9.03 Å². The fourth-order valence-electron chi connectivity index (χ4n) is 3.79. The molecular formula is C23H31N3O6S2. The third kappa shape index (κ3) is 5.77. The Labute approximate surface area is 201 Å². The third-order valence-electron chi connectivity index (χ3n) is 5.50. The molecule has 1 saturated heterocycles. The predicted molar refractivity (Wildman–Crippen MR) is 130 cm³/mol. The van der Waals surface area contributed by atoms with Crippen molar-refractivity contribution in [3.8, 4) is 5.75 Å². The number of carbonyl (C=O) groups excluding carboxylic acids is 1. The number of amides is 1. The first-order chi connectivity index (χ1) is 16.0. The summed E-state index contributed by atoms with van der Waals surface area (Å²) in [4.78, 5) is 13.1. The summed E-state index contributed by atoms with van der Waals surface area (Å²) in [7, 11) is -6.12. The van der Waals surface area contributed by atoms with Crippen molar-refractivity contribution >= 4 is 31.6 Å². The fraction of sp³-hybridized carbons (Fsp3) is 0.435. The number of anilines is 1. The van der Waals surface area contributed by atoms with Gasteiger partial charge >= 0.3 is 0 Å². The first-order valence-corrected chi connectivity index (χ1v) is 14.0. The number of benzene rings is 2. The molecule has 1 fully saturated rings. The summed E-state index contributed by atoms with van der Waals surface area (Å²) >= 11 is 0. The van der Waals surface area contributed by atoms with Crippen molar-refractivity contribution in [2.75, 3.05) is 25.5 Å². The molecule has 0 spiro atoms. The lowest BCUT2D eigenvalue weighted by Gasteiger charge is -2.26. The summed E-state index contributed by atoms with van der Waals surface area (Å²) < 4.78 is 60.7. The number of aryl methyl sites for hydroxylation is 1. The number of hydrogen-bond acceptors (Lipinski definition) is 6. The topological polar surface area (TPSA) is 122 Å². The maximum absolute atomic E-state index is 13.2. The summed E-state index contributed by atoms with van der Waals surface area (Å²) in [6, 6.07) is 8.32. The van der Waals surface area contributed by atoms with Crippen LogP contribution < -0.4 is 14.8 Å². The highest BCUT2D eigenvalue weighted by molar-refractivity contribution is 7.89. The van der Waals surface area contributed by atoms with Crippen LogP contribution in [0.5, 0.6) is 5.75 Å². The summed E-state index contributed by atoms with van der Waals surface area (Å²) in [5.74, 6) is -0.315. The van der Waals surface area contributed by atoms with E-state index in [1.165, 1.54) is 41.7 Å². The Morgan fingerprint density at radius 2 is 1.68 bits per heavy atom. The van der Waals surface area contributed by atoms with E-state index in [-0.39, 0.29) is 32.8 Å². The van der Waals surface area contributed by atoms with Crippen molar-refractivity contribution < 1.29 is 26.4 Å². The van der Waals surface area contributed by atoms with E-state index in [1.54, 1.807) is 26.8 Å². The van der Waals surface area contributed by atoms with Crippen molar-refractivity contribution in [3.05, 3.63) is 47.5 Å². The van der Waals surface area contributed by atoms with Crippen LogP contribution in [0.15, 0.2) is 46.2 Å². The first-order valence-electron chi connectivity index (χ1n) is 11.1. The van der Waals surface area contributed by atoms with E-state index >= 15 is 0 Å². The van der Waals surface area contributed by atoms with Gasteiger partial charge in [0.05, 0.1) is 22.6 Å². The lowest BCUT2D eigenvalue weighted by molar-refractivity contribution is 0.102. The largest absolute Gasteiger partial charge is 0.495 e. The lowest BCUT2D eigenvalue weighted by atomic mass is 10.1. The van der Waals surface area contributed by atoms with Crippen LogP contribution in [0.2, 0.25) is 0 Å². The molecule has 0 radical (unpaired) electrons. The summed E-state index contributed by atoms with van der Waals surface area (Å²) in [6.45, 7) is 6.02. The number of nitrogens with one attached hydrogen (secondary N) is 2. The molecule has 2 aromatic rings. The van der Waals surface area contributed by atoms with Gasteiger partial charge in [0, 0.05) is 24.7 Å². The number of carbonyl (C=O) groups is 1. The van der Waals surface area contributed by atoms with Crippen LogP contribution in [0, 0.1) is 6.92 Å². The van der Waals surface area contributed by atoms with Crippen LogP contribution in [0.25, 0.3) is 0 Å². The molecule has 34 heavy (non-hydrogen) atoms. The highest BCUT2D eigenvalue weighted by atomic mass is 32.2. The van der Waals surface area contributed by atoms with Crippen molar-refractivity contribution in [2.45, 2.75) is 55.9 Å². The molecule has 186 valence electrons. The van der Waals surface area contributed by atoms with Gasteiger partial charge in [-0.1, -0.05) is 12.5 Å². The molecule has 3 rings (SSSR count). The van der Waals surface area contributed by atoms with Gasteiger partial charge in [0.25, 0.3) is 5.91 Å². The molecule has 1 aliphatic rings. The van der Waals surface area contributed by atoms with Gasteiger partial charge in [0.15, 0.2) is 0 Å². The minimum atomic E-state index is -3.79. The van der Waals surface area contributed by atoms with Crippen molar-refractivity contribution in [1.29, 1.82) is 0 Å². The number of methoxy groups -OCH3 is 1. The van der Waals surface area contributed by atoms with Gasteiger partial charge in [-0.2, -0.15) is 4.31 Å². The minimum Gasteiger partial charge on any atom is -0.495 e. The van der Waals surface area contributed by atoms with E-state index in [9.17, 15) is 21.6 Å². The Morgan fingerprint density at radius 3 is 2.29 bits per heavy atom. The Morgan fingerprint density at radius 1 is 1.00 bits per heavy atom. The Balaban J connectivity index is 1.93. The molecule has 0 saturated carbocycles. The van der Waals surface area contributed by atoms with Crippen LogP contribution in [0.4, 0.5) is 5.69 Å². The number of sulfonamides is 2. The Hall–Kier alpha value is -2.47.